The molecular weight excluding hydrogens is 1800 g/mol. The highest BCUT2D eigenvalue weighted by Crippen LogP contribution is 2.73. The number of pyridine rings is 4. The minimum atomic E-state index is -2.02. The van der Waals surface area contributed by atoms with Crippen LogP contribution in [0.15, 0.2) is 267 Å². The number of rotatable bonds is 15. The molecule has 12 aromatic rings. The first-order valence-electron chi connectivity index (χ1n) is 45.8. The quantitative estimate of drug-likeness (QED) is 0.0442. The van der Waals surface area contributed by atoms with Gasteiger partial charge in [-0.2, -0.15) is 21.0 Å². The first kappa shape index (κ1) is 91.7. The number of nitriles is 4. The van der Waals surface area contributed by atoms with Crippen molar-refractivity contribution in [3.05, 3.63) is 377 Å². The molecule has 4 saturated carbocycles. The number of nitrogens with zero attached hydrogens (tertiary/aromatic N) is 11. The molecule has 0 radical (unpaired) electrons. The summed E-state index contributed by atoms with van der Waals surface area (Å²) in [6.45, 7) is 7.72. The maximum atomic E-state index is 12.6. The second-order valence-electron chi connectivity index (χ2n) is 37.2. The molecule has 24 nitrogen and oxygen atoms in total. The van der Waals surface area contributed by atoms with E-state index in [9.17, 15) is 66.7 Å². The molecule has 20 atom stereocenters. The molecule has 0 bridgehead atoms. The van der Waals surface area contributed by atoms with Crippen LogP contribution in [0.4, 0.5) is 0 Å². The molecule has 0 spiro atoms. The van der Waals surface area contributed by atoms with E-state index >= 15 is 0 Å². The Morgan fingerprint density at radius 3 is 0.757 bits per heavy atom. The summed E-state index contributed by atoms with van der Waals surface area (Å²) < 4.78 is 26.6. The lowest BCUT2D eigenvalue weighted by Gasteiger charge is -2.40. The molecule has 11 heterocycles. The molecular formula is C108H95Cl4N11O13. The molecule has 8 aromatic carbocycles. The molecule has 8 N–H and O–H groups in total. The van der Waals surface area contributed by atoms with Crippen LogP contribution >= 0.6 is 46.4 Å². The van der Waals surface area contributed by atoms with Crippen LogP contribution in [0.1, 0.15) is 152 Å². The fourth-order valence-electron chi connectivity index (χ4n) is 24.7. The third-order valence-electron chi connectivity index (χ3n) is 30.4. The molecule has 28 heteroatoms. The average Bonchev–Trinajstić information content (AvgIpc) is 1.52. The van der Waals surface area contributed by atoms with Crippen molar-refractivity contribution in [2.45, 2.75) is 131 Å². The van der Waals surface area contributed by atoms with Crippen molar-refractivity contribution in [1.29, 1.82) is 21.0 Å². The van der Waals surface area contributed by atoms with Gasteiger partial charge in [-0.15, -0.1) is 0 Å². The summed E-state index contributed by atoms with van der Waals surface area (Å²) in [5, 5.41) is 136. The number of carbonyl (C=O) groups is 1. The van der Waals surface area contributed by atoms with Gasteiger partial charge in [0.05, 0.1) is 90.9 Å². The second kappa shape index (κ2) is 36.1. The zero-order valence-corrected chi connectivity index (χ0v) is 76.6. The van der Waals surface area contributed by atoms with Crippen molar-refractivity contribution in [3.8, 4) is 47.3 Å². The van der Waals surface area contributed by atoms with Gasteiger partial charge in [0.1, 0.15) is 58.2 Å². The molecule has 23 rings (SSSR count). The predicted molar refractivity (Wildman–Crippen MR) is 504 cm³/mol. The normalized spacial score (nSPS) is 31.4. The van der Waals surface area contributed by atoms with Crippen LogP contribution in [-0.2, 0) is 49.6 Å². The third-order valence-corrected chi connectivity index (χ3v) is 31.2. The number of likely N-dealkylation sites (tertiary alicyclic amines) is 3. The Bertz CT molecular complexity index is 6200. The van der Waals surface area contributed by atoms with Crippen LogP contribution in [0.5, 0.6) is 23.0 Å². The summed E-state index contributed by atoms with van der Waals surface area (Å²) in [7, 11) is 0. The van der Waals surface area contributed by atoms with Gasteiger partial charge in [-0.25, -0.2) is 0 Å². The molecule has 4 aromatic heterocycles. The van der Waals surface area contributed by atoms with Crippen molar-refractivity contribution < 1.29 is 64.6 Å². The molecule has 3 saturated heterocycles. The number of fused-ring (bicyclic) bond motifs is 12. The fourth-order valence-corrected chi connectivity index (χ4v) is 25.3. The molecule has 0 unspecified atom stereocenters. The number of hydrogen-bond donors (Lipinski definition) is 8. The number of benzene rings is 8. The highest BCUT2D eigenvalue weighted by Gasteiger charge is 2.81. The van der Waals surface area contributed by atoms with Crippen molar-refractivity contribution in [1.82, 2.24) is 34.6 Å². The topological polar surface area (TPSA) is 372 Å². The zero-order chi connectivity index (χ0) is 94.4. The first-order chi connectivity index (χ1) is 65.9. The minimum absolute atomic E-state index is 0.124. The van der Waals surface area contributed by atoms with Crippen molar-refractivity contribution in [3.63, 3.8) is 0 Å². The number of carbonyl (C=O) groups excluding carboxylic acids is 1. The van der Waals surface area contributed by atoms with E-state index in [2.05, 4.69) is 58.9 Å². The van der Waals surface area contributed by atoms with Gasteiger partial charge < -0.3 is 79.3 Å². The van der Waals surface area contributed by atoms with Crippen molar-refractivity contribution >= 4 is 52.7 Å². The average molecular weight is 1900 g/mol. The van der Waals surface area contributed by atoms with E-state index in [1.165, 1.54) is 30.9 Å². The van der Waals surface area contributed by atoms with Crippen LogP contribution in [-0.4, -0.2) is 165 Å². The summed E-state index contributed by atoms with van der Waals surface area (Å²) in [6.07, 6.45) is 8.33. The standard InChI is InChI=1S/3C28H26ClN3O3.C24H17ClN2O4/c3*29-21-14-23-25(31-16-21)27(34)26(33)22(17-32-12-4-5-13-32)24(19-6-2-1-3-7-19)28(27,35-23)20-10-8-18(15-30)9-11-20;25-17-10-19-21(27-12-17)23(30)22(29)18(13-28)20(15-4-2-1-3-5-15)24(23,31-19)16-8-6-14(11-26)7-9-16/h3*1-3,6-11,14,16,22,24,26,33-34H,4-5,12-13,17H2;1-10,12-13,18,20,22,29-30H/t22-,24+,26+,27-,28-;22-,24-,26+,27+,28+;22-,24-,26-,27+,28+;18-,20-,22-,23+,24+/m0111/s1. The van der Waals surface area contributed by atoms with Crippen molar-refractivity contribution in [2.75, 3.05) is 58.9 Å². The lowest BCUT2D eigenvalue weighted by molar-refractivity contribution is -0.153. The third kappa shape index (κ3) is 14.1. The number of ether oxygens (including phenoxy) is 4. The van der Waals surface area contributed by atoms with E-state index in [1.807, 2.05) is 158 Å². The number of aliphatic hydroxyl groups is 8. The number of hydrogen-bond acceptors (Lipinski definition) is 24. The Morgan fingerprint density at radius 1 is 0.324 bits per heavy atom. The number of aromatic nitrogens is 4. The molecule has 7 fully saturated rings. The van der Waals surface area contributed by atoms with Crippen LogP contribution in [0.3, 0.4) is 0 Å². The van der Waals surface area contributed by atoms with Gasteiger partial charge in [0.2, 0.25) is 0 Å². The van der Waals surface area contributed by atoms with E-state index in [0.717, 1.165) is 100 Å². The van der Waals surface area contributed by atoms with Gasteiger partial charge in [0.25, 0.3) is 0 Å². The van der Waals surface area contributed by atoms with Crippen LogP contribution in [0.25, 0.3) is 0 Å². The monoisotopic (exact) mass is 1890 g/mol. The second-order valence-corrected chi connectivity index (χ2v) is 39.0. The Kier molecular flexibility index (Phi) is 24.3. The Balaban J connectivity index is 0.000000112. The van der Waals surface area contributed by atoms with Gasteiger partial charge >= 0.3 is 0 Å². The number of aldehydes is 1. The van der Waals surface area contributed by atoms with Gasteiger partial charge in [0, 0.05) is 110 Å². The van der Waals surface area contributed by atoms with Crippen LogP contribution < -0.4 is 18.9 Å². The summed E-state index contributed by atoms with van der Waals surface area (Å²) >= 11 is 24.9. The Morgan fingerprint density at radius 2 is 0.537 bits per heavy atom. The number of halogens is 4. The Labute approximate surface area is 806 Å². The fraction of sp³-hybridized carbons (Fsp3) is 0.324. The zero-order valence-electron chi connectivity index (χ0n) is 73.6. The molecule has 136 heavy (non-hydrogen) atoms. The first-order valence-corrected chi connectivity index (χ1v) is 47.3. The SMILES string of the molecule is N#Cc1ccc([C@@]23Oc4cc(Cl)cnc4[C@]2(O)[C@@H](O)[C@H](CN2CCCC2)[C@H]3c2ccccc2)cc1.N#Cc1ccc([C@@]23Oc4cc(Cl)cnc4[C@]2(O)[C@H](O)[C@@H](CN2CCCC2)[C@H]3c2ccccc2)cc1.N#Cc1ccc([C@@]23Oc4cc(Cl)cnc4[C@]2(O)[C@H](O)[C@H](C=O)[C@H]3c2ccccc2)cc1.N#Cc1ccc([C@@]23Oc4cc(Cl)cnc4[C@]2(O)[C@H](O)[C@H](CN2CCCC2)[C@H]3c2ccccc2)cc1. The van der Waals surface area contributed by atoms with Gasteiger partial charge in [-0.3, -0.25) is 19.9 Å². The summed E-state index contributed by atoms with van der Waals surface area (Å²) in [4.78, 5) is 37.0. The smallest absolute Gasteiger partial charge is 0.181 e. The molecule has 7 aliphatic heterocycles. The summed E-state index contributed by atoms with van der Waals surface area (Å²) in [5.74, 6) is -2.47. The van der Waals surface area contributed by atoms with Gasteiger partial charge in [0.15, 0.2) is 44.8 Å². The maximum Gasteiger partial charge on any atom is 0.181 e. The number of aliphatic hydroxyl groups excluding tert-OH is 4. The minimum Gasteiger partial charge on any atom is -0.476 e. The van der Waals surface area contributed by atoms with E-state index in [4.69, 9.17) is 65.4 Å². The largest absolute Gasteiger partial charge is 0.476 e. The van der Waals surface area contributed by atoms with E-state index in [-0.39, 0.29) is 47.0 Å². The summed E-state index contributed by atoms with van der Waals surface area (Å²) in [5.41, 5.74) is -3.93. The van der Waals surface area contributed by atoms with Crippen LogP contribution in [0, 0.1) is 69.0 Å². The highest BCUT2D eigenvalue weighted by atomic mass is 35.5. The van der Waals surface area contributed by atoms with E-state index < -0.39 is 81.1 Å². The Hall–Kier alpha value is -12.1. The molecule has 4 aliphatic carbocycles. The lowest BCUT2D eigenvalue weighted by Crippen LogP contribution is -2.52. The van der Waals surface area contributed by atoms with Crippen LogP contribution in [0.2, 0.25) is 20.1 Å². The molecule has 688 valence electrons. The predicted octanol–water partition coefficient (Wildman–Crippen LogP) is 14.9. The summed E-state index contributed by atoms with van der Waals surface area (Å²) in [6, 6.07) is 81.8. The van der Waals surface area contributed by atoms with Gasteiger partial charge in [-0.05, 0) is 171 Å². The molecule has 0 amide bonds. The maximum absolute atomic E-state index is 12.6. The van der Waals surface area contributed by atoms with E-state index in [1.54, 1.807) is 78.9 Å². The van der Waals surface area contributed by atoms with Crippen molar-refractivity contribution in [2.24, 2.45) is 23.7 Å². The van der Waals surface area contributed by atoms with E-state index in [0.29, 0.717) is 125 Å². The lowest BCUT2D eigenvalue weighted by atomic mass is 9.71. The molecule has 11 aliphatic rings. The highest BCUT2D eigenvalue weighted by molar-refractivity contribution is 6.31. The van der Waals surface area contributed by atoms with Gasteiger partial charge in [-0.1, -0.05) is 216 Å².